The van der Waals surface area contributed by atoms with Crippen LogP contribution in [0.1, 0.15) is 84.5 Å². The van der Waals surface area contributed by atoms with Crippen molar-refractivity contribution in [3.8, 4) is 0 Å². The monoisotopic (exact) mass is 384 g/mol. The Kier molecular flexibility index (Phi) is 15.8. The van der Waals surface area contributed by atoms with Gasteiger partial charge < -0.3 is 22.1 Å². The Labute approximate surface area is 164 Å². The third kappa shape index (κ3) is 14.3. The molecule has 0 aromatic rings. The smallest absolute Gasteiger partial charge is 0.237 e. The topological polar surface area (TPSA) is 127 Å². The zero-order chi connectivity index (χ0) is 20.5. The second kappa shape index (κ2) is 16.7. The van der Waals surface area contributed by atoms with Crippen molar-refractivity contribution < 1.29 is 14.4 Å². The summed E-state index contributed by atoms with van der Waals surface area (Å²) in [4.78, 5) is 35.5. The van der Waals surface area contributed by atoms with Gasteiger partial charge in [0.2, 0.25) is 11.8 Å². The first-order chi connectivity index (χ1) is 12.9. The van der Waals surface area contributed by atoms with Gasteiger partial charge in [-0.3, -0.25) is 14.4 Å². The molecule has 158 valence electrons. The summed E-state index contributed by atoms with van der Waals surface area (Å²) in [6.07, 6.45) is 9.11. The molecule has 0 unspecified atom stereocenters. The maximum absolute atomic E-state index is 12.2. The first kappa shape index (κ1) is 25.5. The van der Waals surface area contributed by atoms with Crippen molar-refractivity contribution in [3.63, 3.8) is 0 Å². The van der Waals surface area contributed by atoms with Crippen LogP contribution in [-0.4, -0.2) is 42.8 Å². The van der Waals surface area contributed by atoms with Crippen LogP contribution in [0, 0.1) is 0 Å². The number of carbonyl (C=O) groups excluding carboxylic acids is 3. The van der Waals surface area contributed by atoms with E-state index in [1.807, 2.05) is 0 Å². The van der Waals surface area contributed by atoms with Gasteiger partial charge in [-0.15, -0.1) is 0 Å². The van der Waals surface area contributed by atoms with Crippen molar-refractivity contribution in [1.82, 2.24) is 10.6 Å². The molecule has 0 rings (SSSR count). The molecule has 0 saturated heterocycles. The van der Waals surface area contributed by atoms with E-state index in [0.29, 0.717) is 32.4 Å². The number of hydrogen-bond acceptors (Lipinski definition) is 5. The molecule has 0 bridgehead atoms. The summed E-state index contributed by atoms with van der Waals surface area (Å²) in [7, 11) is 0. The van der Waals surface area contributed by atoms with Crippen LogP contribution in [-0.2, 0) is 14.4 Å². The molecule has 0 fully saturated rings. The Balaban J connectivity index is 3.89. The predicted molar refractivity (Wildman–Crippen MR) is 109 cm³/mol. The van der Waals surface area contributed by atoms with Crippen molar-refractivity contribution in [3.05, 3.63) is 0 Å². The van der Waals surface area contributed by atoms with Crippen molar-refractivity contribution >= 4 is 17.6 Å². The molecule has 0 spiro atoms. The van der Waals surface area contributed by atoms with Gasteiger partial charge in [-0.25, -0.2) is 0 Å². The highest BCUT2D eigenvalue weighted by atomic mass is 16.2. The molecule has 0 aromatic heterocycles. The van der Waals surface area contributed by atoms with Crippen LogP contribution in [0.4, 0.5) is 0 Å². The Bertz CT molecular complexity index is 429. The standard InChI is InChI=1S/C20H40N4O3/c1-3-4-6-12-18(16(2)25)24-20(27)17(22)11-8-10-15-23-19(26)13-7-5-9-14-21/h17-18H,3-15,21-22H2,1-2H3,(H,23,26)(H,24,27)/t17-,18-/m0/s1. The molecule has 0 aliphatic heterocycles. The molecule has 2 amide bonds. The Morgan fingerprint density at radius 3 is 2.26 bits per heavy atom. The molecule has 0 aliphatic rings. The van der Waals surface area contributed by atoms with Crippen LogP contribution < -0.4 is 22.1 Å². The van der Waals surface area contributed by atoms with Crippen LogP contribution in [0.5, 0.6) is 0 Å². The number of unbranched alkanes of at least 4 members (excludes halogenated alkanes) is 5. The van der Waals surface area contributed by atoms with E-state index < -0.39 is 12.1 Å². The van der Waals surface area contributed by atoms with Gasteiger partial charge in [0.1, 0.15) is 0 Å². The molecule has 0 heterocycles. The molecular weight excluding hydrogens is 344 g/mol. The lowest BCUT2D eigenvalue weighted by atomic mass is 10.0. The third-order valence-electron chi connectivity index (χ3n) is 4.61. The first-order valence-corrected chi connectivity index (χ1v) is 10.5. The van der Waals surface area contributed by atoms with Gasteiger partial charge in [0, 0.05) is 13.0 Å². The molecule has 7 nitrogen and oxygen atoms in total. The zero-order valence-electron chi connectivity index (χ0n) is 17.2. The quantitative estimate of drug-likeness (QED) is 0.284. The SMILES string of the molecule is CCCCC[C@H](NC(=O)[C@@H](N)CCCCNC(=O)CCCCCN)C(C)=O. The van der Waals surface area contributed by atoms with Gasteiger partial charge in [-0.1, -0.05) is 32.6 Å². The highest BCUT2D eigenvalue weighted by Gasteiger charge is 2.20. The lowest BCUT2D eigenvalue weighted by molar-refractivity contribution is -0.128. The summed E-state index contributed by atoms with van der Waals surface area (Å²) in [6, 6.07) is -1.06. The number of hydrogen-bond donors (Lipinski definition) is 4. The van der Waals surface area contributed by atoms with Crippen LogP contribution in [0.3, 0.4) is 0 Å². The fourth-order valence-corrected chi connectivity index (χ4v) is 2.80. The van der Waals surface area contributed by atoms with Gasteiger partial charge >= 0.3 is 0 Å². The van der Waals surface area contributed by atoms with Crippen LogP contribution in [0.2, 0.25) is 0 Å². The van der Waals surface area contributed by atoms with Crippen LogP contribution >= 0.6 is 0 Å². The minimum Gasteiger partial charge on any atom is -0.356 e. The number of carbonyl (C=O) groups is 3. The van der Waals surface area contributed by atoms with Crippen LogP contribution in [0.25, 0.3) is 0 Å². The number of ketones is 1. The summed E-state index contributed by atoms with van der Waals surface area (Å²) in [5.41, 5.74) is 11.4. The van der Waals surface area contributed by atoms with Crippen molar-refractivity contribution in [1.29, 1.82) is 0 Å². The molecule has 2 atom stereocenters. The van der Waals surface area contributed by atoms with E-state index in [1.54, 1.807) is 0 Å². The van der Waals surface area contributed by atoms with E-state index in [0.717, 1.165) is 51.4 Å². The molecule has 0 aliphatic carbocycles. The summed E-state index contributed by atoms with van der Waals surface area (Å²) in [5, 5.41) is 5.66. The molecule has 0 aromatic carbocycles. The maximum atomic E-state index is 12.2. The molecule has 7 heteroatoms. The maximum Gasteiger partial charge on any atom is 0.237 e. The molecule has 0 radical (unpaired) electrons. The lowest BCUT2D eigenvalue weighted by Crippen LogP contribution is -2.47. The second-order valence-corrected chi connectivity index (χ2v) is 7.22. The predicted octanol–water partition coefficient (Wildman–Crippen LogP) is 1.77. The molecule has 27 heavy (non-hydrogen) atoms. The van der Waals surface area contributed by atoms with E-state index in [1.165, 1.54) is 6.92 Å². The van der Waals surface area contributed by atoms with Gasteiger partial charge in [0.05, 0.1) is 12.1 Å². The summed E-state index contributed by atoms with van der Waals surface area (Å²) in [5.74, 6) is -0.234. The largest absolute Gasteiger partial charge is 0.356 e. The molecule has 6 N–H and O–H groups in total. The minimum absolute atomic E-state index is 0.0270. The Hall–Kier alpha value is -1.47. The molecule has 0 saturated carbocycles. The Morgan fingerprint density at radius 2 is 1.63 bits per heavy atom. The Morgan fingerprint density at radius 1 is 0.926 bits per heavy atom. The van der Waals surface area contributed by atoms with Crippen LogP contribution in [0.15, 0.2) is 0 Å². The second-order valence-electron chi connectivity index (χ2n) is 7.22. The van der Waals surface area contributed by atoms with Crippen molar-refractivity contribution in [2.75, 3.05) is 13.1 Å². The lowest BCUT2D eigenvalue weighted by Gasteiger charge is -2.19. The number of Topliss-reactive ketones (excluding diaryl/α,β-unsaturated/α-hetero) is 1. The average molecular weight is 385 g/mol. The zero-order valence-corrected chi connectivity index (χ0v) is 17.2. The van der Waals surface area contributed by atoms with Gasteiger partial charge in [0.15, 0.2) is 5.78 Å². The first-order valence-electron chi connectivity index (χ1n) is 10.5. The number of rotatable bonds is 17. The van der Waals surface area contributed by atoms with Gasteiger partial charge in [-0.05, 0) is 52.0 Å². The van der Waals surface area contributed by atoms with E-state index in [4.69, 9.17) is 11.5 Å². The highest BCUT2D eigenvalue weighted by Crippen LogP contribution is 2.06. The van der Waals surface area contributed by atoms with E-state index in [2.05, 4.69) is 17.6 Å². The highest BCUT2D eigenvalue weighted by molar-refractivity contribution is 5.89. The number of amides is 2. The minimum atomic E-state index is -0.620. The third-order valence-corrected chi connectivity index (χ3v) is 4.61. The van der Waals surface area contributed by atoms with Gasteiger partial charge in [-0.2, -0.15) is 0 Å². The van der Waals surface area contributed by atoms with E-state index in [9.17, 15) is 14.4 Å². The van der Waals surface area contributed by atoms with E-state index in [-0.39, 0.29) is 17.6 Å². The van der Waals surface area contributed by atoms with Crippen molar-refractivity contribution in [2.24, 2.45) is 11.5 Å². The fraction of sp³-hybridized carbons (Fsp3) is 0.850. The summed E-state index contributed by atoms with van der Waals surface area (Å²) in [6.45, 7) is 4.86. The molecular formula is C20H40N4O3. The van der Waals surface area contributed by atoms with E-state index >= 15 is 0 Å². The average Bonchev–Trinajstić information content (AvgIpc) is 2.63. The normalized spacial score (nSPS) is 13.0. The summed E-state index contributed by atoms with van der Waals surface area (Å²) >= 11 is 0. The number of nitrogens with two attached hydrogens (primary N) is 2. The number of nitrogens with one attached hydrogen (secondary N) is 2. The summed E-state index contributed by atoms with van der Waals surface area (Å²) < 4.78 is 0. The van der Waals surface area contributed by atoms with Crippen molar-refractivity contribution in [2.45, 2.75) is 96.6 Å². The fourth-order valence-electron chi connectivity index (χ4n) is 2.80. The van der Waals surface area contributed by atoms with Gasteiger partial charge in [0.25, 0.3) is 0 Å².